The van der Waals surface area contributed by atoms with E-state index in [1.807, 2.05) is 19.1 Å². The minimum atomic E-state index is -0.402. The molecule has 1 aliphatic heterocycles. The van der Waals surface area contributed by atoms with Crippen molar-refractivity contribution in [1.29, 1.82) is 0 Å². The highest BCUT2D eigenvalue weighted by molar-refractivity contribution is 5.95. The smallest absolute Gasteiger partial charge is 0.269 e. The Kier molecular flexibility index (Phi) is 4.34. The third-order valence-electron chi connectivity index (χ3n) is 3.14. The molecular formula is C14H17N3O3. The Labute approximate surface area is 117 Å². The van der Waals surface area contributed by atoms with Crippen molar-refractivity contribution in [2.45, 2.75) is 19.8 Å². The molecule has 106 valence electrons. The summed E-state index contributed by atoms with van der Waals surface area (Å²) in [5, 5.41) is 0. The third kappa shape index (κ3) is 3.57. The van der Waals surface area contributed by atoms with Gasteiger partial charge in [-0.2, -0.15) is 0 Å². The molecule has 1 fully saturated rings. The number of nitrogens with zero attached hydrogens (tertiary/aromatic N) is 1. The summed E-state index contributed by atoms with van der Waals surface area (Å²) in [6.07, 6.45) is 1.27. The average Bonchev–Trinajstić information content (AvgIpc) is 2.82. The molecule has 6 heteroatoms. The number of amides is 3. The number of aryl methyl sites for hydroxylation is 1. The van der Waals surface area contributed by atoms with Crippen molar-refractivity contribution in [3.05, 3.63) is 35.4 Å². The molecule has 0 aliphatic carbocycles. The molecule has 20 heavy (non-hydrogen) atoms. The van der Waals surface area contributed by atoms with Crippen molar-refractivity contribution < 1.29 is 14.4 Å². The van der Waals surface area contributed by atoms with Crippen molar-refractivity contribution in [1.82, 2.24) is 15.8 Å². The van der Waals surface area contributed by atoms with Gasteiger partial charge in [0.05, 0.1) is 0 Å². The molecule has 1 aliphatic rings. The number of likely N-dealkylation sites (tertiary alicyclic amines) is 1. The van der Waals surface area contributed by atoms with E-state index in [2.05, 4.69) is 10.9 Å². The van der Waals surface area contributed by atoms with Gasteiger partial charge in [0.25, 0.3) is 11.8 Å². The second kappa shape index (κ2) is 6.18. The van der Waals surface area contributed by atoms with Crippen molar-refractivity contribution in [2.75, 3.05) is 13.1 Å². The topological polar surface area (TPSA) is 78.5 Å². The van der Waals surface area contributed by atoms with E-state index >= 15 is 0 Å². The van der Waals surface area contributed by atoms with E-state index in [4.69, 9.17) is 0 Å². The third-order valence-corrected chi connectivity index (χ3v) is 3.14. The van der Waals surface area contributed by atoms with Gasteiger partial charge in [-0.3, -0.25) is 25.2 Å². The molecule has 1 saturated heterocycles. The van der Waals surface area contributed by atoms with E-state index in [0.29, 0.717) is 18.5 Å². The predicted octanol–water partition coefficient (Wildman–Crippen LogP) is 0.378. The van der Waals surface area contributed by atoms with Crippen molar-refractivity contribution in [3.8, 4) is 0 Å². The van der Waals surface area contributed by atoms with Crippen LogP contribution in [-0.4, -0.2) is 35.7 Å². The number of rotatable bonds is 3. The zero-order valence-corrected chi connectivity index (χ0v) is 11.3. The van der Waals surface area contributed by atoms with Gasteiger partial charge >= 0.3 is 0 Å². The first-order chi connectivity index (χ1) is 9.56. The normalized spacial score (nSPS) is 14.2. The van der Waals surface area contributed by atoms with Gasteiger partial charge in [-0.25, -0.2) is 0 Å². The Bertz CT molecular complexity index is 525. The molecular weight excluding hydrogens is 258 g/mol. The predicted molar refractivity (Wildman–Crippen MR) is 72.6 cm³/mol. The van der Waals surface area contributed by atoms with Crippen LogP contribution in [0.3, 0.4) is 0 Å². The molecule has 6 nitrogen and oxygen atoms in total. The van der Waals surface area contributed by atoms with Crippen LogP contribution in [-0.2, 0) is 9.59 Å². The molecule has 0 spiro atoms. The number of carbonyl (C=O) groups is 3. The van der Waals surface area contributed by atoms with Crippen LogP contribution in [0.5, 0.6) is 0 Å². The number of nitrogens with one attached hydrogen (secondary N) is 2. The zero-order chi connectivity index (χ0) is 14.5. The lowest BCUT2D eigenvalue weighted by Crippen LogP contribution is -2.46. The van der Waals surface area contributed by atoms with E-state index in [0.717, 1.165) is 12.0 Å². The second-order valence-electron chi connectivity index (χ2n) is 4.79. The average molecular weight is 275 g/mol. The molecule has 3 amide bonds. The summed E-state index contributed by atoms with van der Waals surface area (Å²) in [6, 6.07) is 7.00. The fraction of sp³-hybridized carbons (Fsp3) is 0.357. The number of benzene rings is 1. The lowest BCUT2D eigenvalue weighted by Gasteiger charge is -2.15. The first-order valence-corrected chi connectivity index (χ1v) is 6.50. The van der Waals surface area contributed by atoms with Gasteiger partial charge < -0.3 is 4.90 Å². The minimum absolute atomic E-state index is 0.0208. The lowest BCUT2D eigenvalue weighted by molar-refractivity contribution is -0.133. The summed E-state index contributed by atoms with van der Waals surface area (Å²) >= 11 is 0. The van der Waals surface area contributed by atoms with Crippen molar-refractivity contribution >= 4 is 17.7 Å². The van der Waals surface area contributed by atoms with Gasteiger partial charge in [-0.15, -0.1) is 0 Å². The van der Waals surface area contributed by atoms with Crippen LogP contribution in [0.15, 0.2) is 24.3 Å². The van der Waals surface area contributed by atoms with Gasteiger partial charge in [0.15, 0.2) is 0 Å². The molecule has 0 saturated carbocycles. The monoisotopic (exact) mass is 275 g/mol. The summed E-state index contributed by atoms with van der Waals surface area (Å²) in [5.41, 5.74) is 6.16. The molecule has 2 rings (SSSR count). The van der Waals surface area contributed by atoms with Crippen LogP contribution in [0.2, 0.25) is 0 Å². The number of hydrogen-bond acceptors (Lipinski definition) is 3. The Morgan fingerprint density at radius 3 is 2.50 bits per heavy atom. The summed E-state index contributed by atoms with van der Waals surface area (Å²) in [7, 11) is 0. The Balaban J connectivity index is 1.79. The maximum Gasteiger partial charge on any atom is 0.269 e. The fourth-order valence-electron chi connectivity index (χ4n) is 1.99. The Morgan fingerprint density at radius 1 is 1.20 bits per heavy atom. The summed E-state index contributed by atoms with van der Waals surface area (Å²) in [6.45, 7) is 2.50. The number of hydrazine groups is 1. The van der Waals surface area contributed by atoms with Gasteiger partial charge in [0.1, 0.15) is 6.54 Å². The molecule has 2 N–H and O–H groups in total. The van der Waals surface area contributed by atoms with Gasteiger partial charge in [0.2, 0.25) is 5.91 Å². The highest BCUT2D eigenvalue weighted by Gasteiger charge is 2.22. The summed E-state index contributed by atoms with van der Waals surface area (Å²) in [4.78, 5) is 36.2. The molecule has 0 unspecified atom stereocenters. The quantitative estimate of drug-likeness (QED) is 0.783. The standard InChI is InChI=1S/C14H17N3O3/c1-10-4-6-11(7-5-10)14(20)16-15-12(18)9-17-8-2-3-13(17)19/h4-7H,2-3,8-9H2,1H3,(H,15,18)(H,16,20). The maximum atomic E-state index is 11.8. The van der Waals surface area contributed by atoms with E-state index in [-0.39, 0.29) is 18.4 Å². The zero-order valence-electron chi connectivity index (χ0n) is 11.3. The Hall–Kier alpha value is -2.37. The largest absolute Gasteiger partial charge is 0.333 e. The molecule has 1 heterocycles. The Morgan fingerprint density at radius 2 is 1.90 bits per heavy atom. The highest BCUT2D eigenvalue weighted by Crippen LogP contribution is 2.08. The SMILES string of the molecule is Cc1ccc(C(=O)NNC(=O)CN2CCCC2=O)cc1. The number of carbonyl (C=O) groups excluding carboxylic acids is 3. The maximum absolute atomic E-state index is 11.8. The fourth-order valence-corrected chi connectivity index (χ4v) is 1.99. The van der Waals surface area contributed by atoms with Crippen LogP contribution in [0.4, 0.5) is 0 Å². The van der Waals surface area contributed by atoms with Gasteiger partial charge in [-0.1, -0.05) is 17.7 Å². The van der Waals surface area contributed by atoms with Gasteiger partial charge in [0, 0.05) is 18.5 Å². The summed E-state index contributed by atoms with van der Waals surface area (Å²) in [5.74, 6) is -0.808. The highest BCUT2D eigenvalue weighted by atomic mass is 16.2. The molecule has 0 atom stereocenters. The van der Waals surface area contributed by atoms with Crippen LogP contribution in [0.25, 0.3) is 0 Å². The van der Waals surface area contributed by atoms with Crippen LogP contribution in [0.1, 0.15) is 28.8 Å². The molecule has 0 aromatic heterocycles. The van der Waals surface area contributed by atoms with E-state index < -0.39 is 5.91 Å². The minimum Gasteiger partial charge on any atom is -0.333 e. The number of hydrogen-bond donors (Lipinski definition) is 2. The first-order valence-electron chi connectivity index (χ1n) is 6.50. The molecule has 1 aromatic rings. The van der Waals surface area contributed by atoms with E-state index in [9.17, 15) is 14.4 Å². The van der Waals surface area contributed by atoms with Crippen LogP contribution < -0.4 is 10.9 Å². The van der Waals surface area contributed by atoms with Crippen molar-refractivity contribution in [3.63, 3.8) is 0 Å². The second-order valence-corrected chi connectivity index (χ2v) is 4.79. The van der Waals surface area contributed by atoms with Crippen LogP contribution >= 0.6 is 0 Å². The molecule has 0 radical (unpaired) electrons. The lowest BCUT2D eigenvalue weighted by atomic mass is 10.1. The summed E-state index contributed by atoms with van der Waals surface area (Å²) < 4.78 is 0. The van der Waals surface area contributed by atoms with Crippen molar-refractivity contribution in [2.24, 2.45) is 0 Å². The first kappa shape index (κ1) is 14.0. The van der Waals surface area contributed by atoms with Crippen LogP contribution in [0, 0.1) is 6.92 Å². The molecule has 1 aromatic carbocycles. The van der Waals surface area contributed by atoms with E-state index in [1.165, 1.54) is 4.90 Å². The van der Waals surface area contributed by atoms with E-state index in [1.54, 1.807) is 12.1 Å². The molecule has 0 bridgehead atoms. The van der Waals surface area contributed by atoms with Gasteiger partial charge in [-0.05, 0) is 25.5 Å².